The van der Waals surface area contributed by atoms with E-state index in [0.717, 1.165) is 10.8 Å². The van der Waals surface area contributed by atoms with Gasteiger partial charge in [0.25, 0.3) is 5.24 Å². The maximum Gasteiger partial charge on any atom is 0.253 e. The van der Waals surface area contributed by atoms with Crippen LogP contribution >= 0.6 is 11.6 Å². The summed E-state index contributed by atoms with van der Waals surface area (Å²) in [7, 11) is 1.57. The standard InChI is InChI=1S/C12H9ClO2/c1-15-10-7-3-5-8-4-2-6-9(11(8)10)12(13)14/h2-7H,1H3. The minimum Gasteiger partial charge on any atom is -0.496 e. The third-order valence-corrected chi connectivity index (χ3v) is 2.50. The number of halogens is 1. The van der Waals surface area contributed by atoms with Crippen molar-refractivity contribution in [2.45, 2.75) is 0 Å². The van der Waals surface area contributed by atoms with Crippen LogP contribution in [0.1, 0.15) is 10.4 Å². The van der Waals surface area contributed by atoms with Gasteiger partial charge >= 0.3 is 0 Å². The van der Waals surface area contributed by atoms with Crippen molar-refractivity contribution in [3.8, 4) is 5.75 Å². The molecule has 0 aliphatic carbocycles. The van der Waals surface area contributed by atoms with Crippen molar-refractivity contribution in [2.24, 2.45) is 0 Å². The van der Waals surface area contributed by atoms with Crippen LogP contribution in [-0.2, 0) is 0 Å². The highest BCUT2D eigenvalue weighted by Gasteiger charge is 2.10. The van der Waals surface area contributed by atoms with Crippen LogP contribution < -0.4 is 4.74 Å². The molecule has 0 spiro atoms. The summed E-state index contributed by atoms with van der Waals surface area (Å²) >= 11 is 5.52. The van der Waals surface area contributed by atoms with Crippen LogP contribution in [0.3, 0.4) is 0 Å². The number of methoxy groups -OCH3 is 1. The van der Waals surface area contributed by atoms with Gasteiger partial charge in [-0.05, 0) is 29.1 Å². The Morgan fingerprint density at radius 3 is 2.47 bits per heavy atom. The number of benzene rings is 2. The monoisotopic (exact) mass is 220 g/mol. The Morgan fingerprint density at radius 2 is 1.87 bits per heavy atom. The molecule has 0 N–H and O–H groups in total. The first-order valence-electron chi connectivity index (χ1n) is 4.49. The van der Waals surface area contributed by atoms with Gasteiger partial charge in [0.05, 0.1) is 7.11 Å². The van der Waals surface area contributed by atoms with E-state index in [2.05, 4.69) is 0 Å². The van der Waals surface area contributed by atoms with Crippen molar-refractivity contribution in [3.05, 3.63) is 42.0 Å². The minimum atomic E-state index is -0.467. The second-order valence-electron chi connectivity index (χ2n) is 3.14. The topological polar surface area (TPSA) is 26.3 Å². The molecule has 0 saturated carbocycles. The van der Waals surface area contributed by atoms with E-state index < -0.39 is 5.24 Å². The molecule has 0 unspecified atom stereocenters. The molecule has 0 heterocycles. The normalized spacial score (nSPS) is 10.3. The minimum absolute atomic E-state index is 0.467. The van der Waals surface area contributed by atoms with E-state index in [1.54, 1.807) is 19.2 Å². The van der Waals surface area contributed by atoms with Gasteiger partial charge in [-0.25, -0.2) is 0 Å². The second-order valence-corrected chi connectivity index (χ2v) is 3.48. The van der Waals surface area contributed by atoms with Crippen molar-refractivity contribution in [2.75, 3.05) is 7.11 Å². The number of hydrogen-bond donors (Lipinski definition) is 0. The molecule has 0 bridgehead atoms. The van der Waals surface area contributed by atoms with E-state index >= 15 is 0 Å². The SMILES string of the molecule is COc1cccc2cccc(C(=O)Cl)c12. The quantitative estimate of drug-likeness (QED) is 0.727. The molecule has 2 aromatic rings. The van der Waals surface area contributed by atoms with E-state index in [9.17, 15) is 4.79 Å². The van der Waals surface area contributed by atoms with E-state index in [4.69, 9.17) is 16.3 Å². The highest BCUT2D eigenvalue weighted by molar-refractivity contribution is 6.68. The van der Waals surface area contributed by atoms with Gasteiger partial charge in [0.15, 0.2) is 0 Å². The molecule has 76 valence electrons. The van der Waals surface area contributed by atoms with Gasteiger partial charge in [-0.2, -0.15) is 0 Å². The Balaban J connectivity index is 2.87. The lowest BCUT2D eigenvalue weighted by atomic mass is 10.0. The zero-order valence-electron chi connectivity index (χ0n) is 8.16. The number of hydrogen-bond acceptors (Lipinski definition) is 2. The molecule has 0 aliphatic heterocycles. The van der Waals surface area contributed by atoms with Gasteiger partial charge in [0, 0.05) is 10.9 Å². The van der Waals surface area contributed by atoms with Gasteiger partial charge in [-0.1, -0.05) is 24.3 Å². The summed E-state index contributed by atoms with van der Waals surface area (Å²) in [6, 6.07) is 11.0. The molecule has 0 aliphatic rings. The molecule has 2 rings (SSSR count). The molecular weight excluding hydrogens is 212 g/mol. The van der Waals surface area contributed by atoms with E-state index in [-0.39, 0.29) is 0 Å². The van der Waals surface area contributed by atoms with Crippen molar-refractivity contribution in [1.82, 2.24) is 0 Å². The Hall–Kier alpha value is -1.54. The van der Waals surface area contributed by atoms with Gasteiger partial charge in [-0.3, -0.25) is 4.79 Å². The summed E-state index contributed by atoms with van der Waals surface area (Å²) in [6.45, 7) is 0. The fourth-order valence-corrected chi connectivity index (χ4v) is 1.80. The van der Waals surface area contributed by atoms with E-state index in [0.29, 0.717) is 11.3 Å². The smallest absolute Gasteiger partial charge is 0.253 e. The van der Waals surface area contributed by atoms with E-state index in [1.165, 1.54) is 0 Å². The molecule has 15 heavy (non-hydrogen) atoms. The van der Waals surface area contributed by atoms with Crippen molar-refractivity contribution < 1.29 is 9.53 Å². The van der Waals surface area contributed by atoms with Gasteiger partial charge < -0.3 is 4.74 Å². The predicted molar refractivity (Wildman–Crippen MR) is 60.7 cm³/mol. The predicted octanol–water partition coefficient (Wildman–Crippen LogP) is 3.23. The Bertz CT molecular complexity index is 515. The molecule has 0 atom stereocenters. The van der Waals surface area contributed by atoms with Crippen LogP contribution in [0.15, 0.2) is 36.4 Å². The molecule has 0 radical (unpaired) electrons. The number of ether oxygens (including phenoxy) is 1. The zero-order chi connectivity index (χ0) is 10.8. The van der Waals surface area contributed by atoms with Crippen molar-refractivity contribution >= 4 is 27.6 Å². The molecular formula is C12H9ClO2. The van der Waals surface area contributed by atoms with Crippen molar-refractivity contribution in [3.63, 3.8) is 0 Å². The molecule has 0 aromatic heterocycles. The summed E-state index contributed by atoms with van der Waals surface area (Å²) in [4.78, 5) is 11.2. The maximum absolute atomic E-state index is 11.2. The molecule has 0 amide bonds. The Kier molecular flexibility index (Phi) is 2.60. The number of carbonyl (C=O) groups is 1. The maximum atomic E-state index is 11.2. The fourth-order valence-electron chi connectivity index (χ4n) is 1.64. The molecule has 2 aromatic carbocycles. The average molecular weight is 221 g/mol. The Labute approximate surface area is 92.4 Å². The van der Waals surface area contributed by atoms with Gasteiger partial charge in [0.1, 0.15) is 5.75 Å². The lowest BCUT2D eigenvalue weighted by Crippen LogP contribution is -1.93. The van der Waals surface area contributed by atoms with E-state index in [1.807, 2.05) is 24.3 Å². The highest BCUT2D eigenvalue weighted by Crippen LogP contribution is 2.29. The van der Waals surface area contributed by atoms with Crippen LogP contribution in [0.4, 0.5) is 0 Å². The number of carbonyl (C=O) groups excluding carboxylic acids is 1. The van der Waals surface area contributed by atoms with Crippen LogP contribution in [0.25, 0.3) is 10.8 Å². The number of fused-ring (bicyclic) bond motifs is 1. The lowest BCUT2D eigenvalue weighted by molar-refractivity contribution is 0.108. The molecule has 2 nitrogen and oxygen atoms in total. The van der Waals surface area contributed by atoms with Crippen LogP contribution in [0, 0.1) is 0 Å². The van der Waals surface area contributed by atoms with Gasteiger partial charge in [-0.15, -0.1) is 0 Å². The van der Waals surface area contributed by atoms with Gasteiger partial charge in [0.2, 0.25) is 0 Å². The largest absolute Gasteiger partial charge is 0.496 e. The lowest BCUT2D eigenvalue weighted by Gasteiger charge is -2.07. The van der Waals surface area contributed by atoms with Crippen LogP contribution in [0.2, 0.25) is 0 Å². The third-order valence-electron chi connectivity index (χ3n) is 2.30. The summed E-state index contributed by atoms with van der Waals surface area (Å²) in [6.07, 6.45) is 0. The first-order valence-corrected chi connectivity index (χ1v) is 4.87. The first kappa shape index (κ1) is 9.99. The molecule has 0 fully saturated rings. The molecule has 0 saturated heterocycles. The third kappa shape index (κ3) is 1.68. The van der Waals surface area contributed by atoms with Crippen LogP contribution in [0.5, 0.6) is 5.75 Å². The fraction of sp³-hybridized carbons (Fsp3) is 0.0833. The Morgan fingerprint density at radius 1 is 1.20 bits per heavy atom. The average Bonchev–Trinajstić information content (AvgIpc) is 2.27. The van der Waals surface area contributed by atoms with Crippen LogP contribution in [-0.4, -0.2) is 12.4 Å². The summed E-state index contributed by atoms with van der Waals surface area (Å²) in [5, 5.41) is 1.24. The first-order chi connectivity index (χ1) is 7.24. The zero-order valence-corrected chi connectivity index (χ0v) is 8.91. The van der Waals surface area contributed by atoms with Crippen molar-refractivity contribution in [1.29, 1.82) is 0 Å². The second kappa shape index (κ2) is 3.91. The summed E-state index contributed by atoms with van der Waals surface area (Å²) in [5.74, 6) is 0.664. The summed E-state index contributed by atoms with van der Waals surface area (Å²) < 4.78 is 5.21. The molecule has 3 heteroatoms. The number of rotatable bonds is 2. The summed E-state index contributed by atoms with van der Waals surface area (Å²) in [5.41, 5.74) is 0.478. The highest BCUT2D eigenvalue weighted by atomic mass is 35.5.